The van der Waals surface area contributed by atoms with Crippen LogP contribution in [0.25, 0.3) is 33.3 Å². The topological polar surface area (TPSA) is 95.4 Å². The normalized spacial score (nSPS) is 11.9. The van der Waals surface area contributed by atoms with E-state index >= 15 is 0 Å². The maximum atomic E-state index is 13.3. The Balaban J connectivity index is 1.84. The number of hydrogen-bond acceptors (Lipinski definition) is 4. The molecule has 0 unspecified atom stereocenters. The average Bonchev–Trinajstić information content (AvgIpc) is 3.47. The van der Waals surface area contributed by atoms with Crippen LogP contribution in [-0.2, 0) is 27.2 Å². The van der Waals surface area contributed by atoms with E-state index in [1.165, 1.54) is 17.2 Å². The number of aryl methyl sites for hydroxylation is 2. The van der Waals surface area contributed by atoms with E-state index in [2.05, 4.69) is 35.1 Å². The van der Waals surface area contributed by atoms with Crippen LogP contribution in [0.2, 0.25) is 0 Å². The molecule has 0 atom stereocenters. The first-order valence-electron chi connectivity index (χ1n) is 11.0. The molecule has 0 fully saturated rings. The fraction of sp³-hybridized carbons (Fsp3) is 0.333. The van der Waals surface area contributed by atoms with Gasteiger partial charge in [-0.3, -0.25) is 18.6 Å². The summed E-state index contributed by atoms with van der Waals surface area (Å²) in [5.41, 5.74) is 4.38. The van der Waals surface area contributed by atoms with Gasteiger partial charge in [-0.2, -0.15) is 5.10 Å². The number of rotatable bonds is 5. The first-order valence-corrected chi connectivity index (χ1v) is 11.0. The van der Waals surface area contributed by atoms with Crippen LogP contribution in [0.4, 0.5) is 0 Å². The molecular weight excluding hydrogens is 418 g/mol. The molecule has 33 heavy (non-hydrogen) atoms. The Bertz CT molecular complexity index is 1620. The van der Waals surface area contributed by atoms with Crippen molar-refractivity contribution in [2.75, 3.05) is 0 Å². The zero-order valence-corrected chi connectivity index (χ0v) is 19.5. The van der Waals surface area contributed by atoms with Gasteiger partial charge in [0.05, 0.1) is 24.8 Å². The highest BCUT2D eigenvalue weighted by Crippen LogP contribution is 2.28. The van der Waals surface area contributed by atoms with Gasteiger partial charge >= 0.3 is 5.69 Å². The van der Waals surface area contributed by atoms with Crippen molar-refractivity contribution < 1.29 is 0 Å². The van der Waals surface area contributed by atoms with Gasteiger partial charge in [0.25, 0.3) is 5.56 Å². The second-order valence-corrected chi connectivity index (χ2v) is 9.11. The Hall–Kier alpha value is -3.88. The molecule has 4 aromatic heterocycles. The summed E-state index contributed by atoms with van der Waals surface area (Å²) in [6.07, 6.45) is 5.40. The van der Waals surface area contributed by atoms with Crippen LogP contribution < -0.4 is 11.2 Å². The Kier molecular flexibility index (Phi) is 4.84. The zero-order chi connectivity index (χ0) is 23.4. The van der Waals surface area contributed by atoms with Gasteiger partial charge in [0.2, 0.25) is 0 Å². The SMILES string of the molecule is Cc1ccc2[nH]cc(Cn3nc4c(c3-c3cncn3C)c(=O)n(C)c(=O)n4CC(C)C)c2c1. The number of nitrogens with one attached hydrogen (secondary N) is 1. The van der Waals surface area contributed by atoms with Crippen molar-refractivity contribution in [3.8, 4) is 11.4 Å². The molecule has 9 nitrogen and oxygen atoms in total. The van der Waals surface area contributed by atoms with Crippen molar-refractivity contribution in [1.82, 2.24) is 33.4 Å². The minimum atomic E-state index is -0.356. The van der Waals surface area contributed by atoms with E-state index < -0.39 is 0 Å². The van der Waals surface area contributed by atoms with Gasteiger partial charge in [0.15, 0.2) is 5.65 Å². The summed E-state index contributed by atoms with van der Waals surface area (Å²) in [6.45, 7) is 7.05. The first-order chi connectivity index (χ1) is 15.8. The summed E-state index contributed by atoms with van der Waals surface area (Å²) in [5, 5.41) is 6.38. The molecule has 1 N–H and O–H groups in total. The molecule has 5 aromatic rings. The van der Waals surface area contributed by atoms with Crippen molar-refractivity contribution in [1.29, 1.82) is 0 Å². The molecule has 0 aliphatic carbocycles. The number of aromatic amines is 1. The molecule has 0 saturated carbocycles. The standard InChI is InChI=1S/C24H27N7O2/c1-14(2)11-30-22-20(23(32)29(5)24(30)33)21(19-10-25-13-28(19)4)31(27-22)12-16-9-26-18-7-6-15(3)8-17(16)18/h6-10,13-14,26H,11-12H2,1-5H3. The Morgan fingerprint density at radius 2 is 1.94 bits per heavy atom. The zero-order valence-electron chi connectivity index (χ0n) is 19.5. The largest absolute Gasteiger partial charge is 0.361 e. The van der Waals surface area contributed by atoms with Gasteiger partial charge in [-0.1, -0.05) is 25.5 Å². The van der Waals surface area contributed by atoms with Gasteiger partial charge in [0.1, 0.15) is 11.1 Å². The van der Waals surface area contributed by atoms with Crippen LogP contribution in [0, 0.1) is 12.8 Å². The molecule has 0 aliphatic rings. The van der Waals surface area contributed by atoms with Crippen LogP contribution in [-0.4, -0.2) is 33.4 Å². The van der Waals surface area contributed by atoms with Crippen molar-refractivity contribution in [3.63, 3.8) is 0 Å². The maximum Gasteiger partial charge on any atom is 0.332 e. The van der Waals surface area contributed by atoms with E-state index in [4.69, 9.17) is 5.10 Å². The molecule has 4 heterocycles. The number of H-pyrrole nitrogens is 1. The van der Waals surface area contributed by atoms with Crippen molar-refractivity contribution >= 4 is 21.9 Å². The lowest BCUT2D eigenvalue weighted by Gasteiger charge is -2.11. The molecular formula is C24H27N7O2. The lowest BCUT2D eigenvalue weighted by molar-refractivity contribution is 0.498. The minimum Gasteiger partial charge on any atom is -0.361 e. The molecule has 9 heteroatoms. The summed E-state index contributed by atoms with van der Waals surface area (Å²) >= 11 is 0. The summed E-state index contributed by atoms with van der Waals surface area (Å²) < 4.78 is 6.47. The maximum absolute atomic E-state index is 13.3. The van der Waals surface area contributed by atoms with Crippen LogP contribution in [0.3, 0.4) is 0 Å². The number of imidazole rings is 1. The smallest absolute Gasteiger partial charge is 0.332 e. The monoisotopic (exact) mass is 445 g/mol. The minimum absolute atomic E-state index is 0.213. The van der Waals surface area contributed by atoms with Gasteiger partial charge in [0, 0.05) is 37.7 Å². The van der Waals surface area contributed by atoms with Crippen molar-refractivity contribution in [2.24, 2.45) is 20.0 Å². The van der Waals surface area contributed by atoms with E-state index in [9.17, 15) is 9.59 Å². The first kappa shape index (κ1) is 21.0. The third kappa shape index (κ3) is 3.31. The number of fused-ring (bicyclic) bond motifs is 2. The van der Waals surface area contributed by atoms with Crippen LogP contribution >= 0.6 is 0 Å². The molecule has 0 bridgehead atoms. The highest BCUT2D eigenvalue weighted by atomic mass is 16.2. The van der Waals surface area contributed by atoms with Gasteiger partial charge < -0.3 is 9.55 Å². The van der Waals surface area contributed by atoms with Crippen LogP contribution in [0.1, 0.15) is 25.0 Å². The number of benzene rings is 1. The average molecular weight is 446 g/mol. The summed E-state index contributed by atoms with van der Waals surface area (Å²) in [5.74, 6) is 0.213. The number of aromatic nitrogens is 7. The quantitative estimate of drug-likeness (QED) is 0.450. The molecule has 1 aromatic carbocycles. The van der Waals surface area contributed by atoms with E-state index in [-0.39, 0.29) is 17.2 Å². The van der Waals surface area contributed by atoms with Gasteiger partial charge in [-0.25, -0.2) is 9.78 Å². The lowest BCUT2D eigenvalue weighted by Crippen LogP contribution is -2.38. The summed E-state index contributed by atoms with van der Waals surface area (Å²) in [4.78, 5) is 33.9. The molecule has 170 valence electrons. The fourth-order valence-corrected chi connectivity index (χ4v) is 4.44. The van der Waals surface area contributed by atoms with E-state index in [1.54, 1.807) is 17.1 Å². The molecule has 0 saturated heterocycles. The molecule has 0 amide bonds. The third-order valence-corrected chi connectivity index (χ3v) is 6.08. The summed E-state index contributed by atoms with van der Waals surface area (Å²) in [7, 11) is 3.41. The van der Waals surface area contributed by atoms with Crippen molar-refractivity contribution in [3.05, 3.63) is 68.9 Å². The summed E-state index contributed by atoms with van der Waals surface area (Å²) in [6, 6.07) is 6.27. The predicted molar refractivity (Wildman–Crippen MR) is 128 cm³/mol. The Morgan fingerprint density at radius 1 is 1.15 bits per heavy atom. The van der Waals surface area contributed by atoms with E-state index in [0.717, 1.165) is 22.2 Å². The second kappa shape index (κ2) is 7.61. The Morgan fingerprint density at radius 3 is 2.64 bits per heavy atom. The lowest BCUT2D eigenvalue weighted by atomic mass is 10.1. The second-order valence-electron chi connectivity index (χ2n) is 9.11. The number of nitrogens with zero attached hydrogens (tertiary/aromatic N) is 6. The van der Waals surface area contributed by atoms with Crippen molar-refractivity contribution in [2.45, 2.75) is 33.9 Å². The highest BCUT2D eigenvalue weighted by molar-refractivity contribution is 5.90. The third-order valence-electron chi connectivity index (χ3n) is 6.08. The fourth-order valence-electron chi connectivity index (χ4n) is 4.44. The number of hydrogen-bond donors (Lipinski definition) is 1. The van der Waals surface area contributed by atoms with Gasteiger partial charge in [-0.05, 0) is 30.5 Å². The van der Waals surface area contributed by atoms with E-state index in [1.807, 2.05) is 36.3 Å². The molecule has 0 spiro atoms. The molecule has 0 radical (unpaired) electrons. The molecule has 5 rings (SSSR count). The highest BCUT2D eigenvalue weighted by Gasteiger charge is 2.24. The van der Waals surface area contributed by atoms with E-state index in [0.29, 0.717) is 29.8 Å². The molecule has 0 aliphatic heterocycles. The van der Waals surface area contributed by atoms with Crippen LogP contribution in [0.5, 0.6) is 0 Å². The van der Waals surface area contributed by atoms with Crippen LogP contribution in [0.15, 0.2) is 46.5 Å². The predicted octanol–water partition coefficient (Wildman–Crippen LogP) is 2.79. The Labute approximate surface area is 189 Å². The van der Waals surface area contributed by atoms with Gasteiger partial charge in [-0.15, -0.1) is 0 Å².